The fourth-order valence-corrected chi connectivity index (χ4v) is 4.43. The molecule has 11 nitrogen and oxygen atoms in total. The number of hydrogen-bond donors (Lipinski definition) is 0. The van der Waals surface area contributed by atoms with E-state index in [2.05, 4.69) is 30.5 Å². The lowest BCUT2D eigenvalue weighted by atomic mass is 10.0. The summed E-state index contributed by atoms with van der Waals surface area (Å²) >= 11 is 11.9. The van der Waals surface area contributed by atoms with Crippen molar-refractivity contribution in [3.05, 3.63) is 82.1 Å². The van der Waals surface area contributed by atoms with Crippen LogP contribution in [0.25, 0.3) is 28.1 Å². The molecule has 0 bridgehead atoms. The highest BCUT2D eigenvalue weighted by Gasteiger charge is 2.26. The van der Waals surface area contributed by atoms with E-state index in [1.165, 1.54) is 50.7 Å². The lowest BCUT2D eigenvalue weighted by Gasteiger charge is -2.18. The van der Waals surface area contributed by atoms with Crippen molar-refractivity contribution in [3.63, 3.8) is 0 Å². The molecule has 0 saturated carbocycles. The standard InChI is InChI=1S/C23H18Cl2F3N9O2/c1-34-19(9-29-32-34)14-8-30-35(10-14)16(6-7-39-23(27)28)17-4-2-13(11-37(17)38)21-18(5-3-15(24)22(21)26)36-12-20(25)31-33-36/h2-5,8-12,16,23H,6-7H2,1H3. The van der Waals surface area contributed by atoms with E-state index >= 15 is 4.39 Å². The summed E-state index contributed by atoms with van der Waals surface area (Å²) in [6, 6.07) is 5.02. The molecule has 1 aromatic carbocycles. The van der Waals surface area contributed by atoms with Crippen molar-refractivity contribution in [2.75, 3.05) is 6.61 Å². The number of rotatable bonds is 9. The van der Waals surface area contributed by atoms with Crippen LogP contribution in [0.4, 0.5) is 13.2 Å². The maximum absolute atomic E-state index is 15.3. The number of alkyl halides is 2. The molecule has 0 radical (unpaired) electrons. The van der Waals surface area contributed by atoms with Crippen LogP contribution >= 0.6 is 23.2 Å². The molecule has 202 valence electrons. The molecule has 0 N–H and O–H groups in total. The minimum Gasteiger partial charge on any atom is -0.618 e. The SMILES string of the molecule is Cn1nncc1-c1cnn(C(CCOC(F)F)c2ccc(-c3c(-n4cc(Cl)nn4)ccc(Cl)c3F)c[n+]2[O-])c1. The highest BCUT2D eigenvalue weighted by Crippen LogP contribution is 2.34. The maximum atomic E-state index is 15.3. The van der Waals surface area contributed by atoms with Gasteiger partial charge in [0.2, 0.25) is 5.69 Å². The van der Waals surface area contributed by atoms with Crippen LogP contribution < -0.4 is 4.73 Å². The van der Waals surface area contributed by atoms with Gasteiger partial charge in [0.25, 0.3) is 0 Å². The van der Waals surface area contributed by atoms with Crippen molar-refractivity contribution in [2.45, 2.75) is 19.1 Å². The molecule has 5 rings (SSSR count). The largest absolute Gasteiger partial charge is 0.618 e. The Morgan fingerprint density at radius 3 is 2.56 bits per heavy atom. The number of hydrogen-bond acceptors (Lipinski definition) is 7. The molecule has 16 heteroatoms. The van der Waals surface area contributed by atoms with Crippen LogP contribution in [-0.4, -0.2) is 53.0 Å². The third-order valence-electron chi connectivity index (χ3n) is 5.93. The average molecular weight is 580 g/mol. The molecular formula is C23H18Cl2F3N9O2. The lowest BCUT2D eigenvalue weighted by Crippen LogP contribution is -2.36. The van der Waals surface area contributed by atoms with Crippen molar-refractivity contribution in [1.29, 1.82) is 0 Å². The number of aryl methyl sites for hydroxylation is 1. The van der Waals surface area contributed by atoms with E-state index in [4.69, 9.17) is 23.2 Å². The Bertz CT molecular complexity index is 1620. The van der Waals surface area contributed by atoms with Gasteiger partial charge in [-0.15, -0.1) is 10.2 Å². The predicted molar refractivity (Wildman–Crippen MR) is 133 cm³/mol. The second kappa shape index (κ2) is 11.0. The van der Waals surface area contributed by atoms with Gasteiger partial charge in [0.05, 0.1) is 52.7 Å². The minimum absolute atomic E-state index is 0.00901. The first-order chi connectivity index (χ1) is 18.7. The summed E-state index contributed by atoms with van der Waals surface area (Å²) in [6.45, 7) is -3.33. The molecule has 5 aromatic rings. The third kappa shape index (κ3) is 5.44. The predicted octanol–water partition coefficient (Wildman–Crippen LogP) is 4.22. The Morgan fingerprint density at radius 2 is 1.90 bits per heavy atom. The number of pyridine rings is 1. The van der Waals surface area contributed by atoms with Gasteiger partial charge < -0.3 is 9.94 Å². The molecule has 0 aliphatic heterocycles. The second-order valence-corrected chi connectivity index (χ2v) is 9.09. The Kier molecular flexibility index (Phi) is 7.50. The minimum atomic E-state index is -2.98. The molecule has 0 fully saturated rings. The summed E-state index contributed by atoms with van der Waals surface area (Å²) in [5, 5.41) is 32.9. The molecule has 1 atom stereocenters. The molecule has 39 heavy (non-hydrogen) atoms. The molecule has 0 saturated heterocycles. The maximum Gasteiger partial charge on any atom is 0.345 e. The van der Waals surface area contributed by atoms with Gasteiger partial charge in [-0.2, -0.15) is 18.6 Å². The molecule has 1 unspecified atom stereocenters. The van der Waals surface area contributed by atoms with Crippen LogP contribution in [0.2, 0.25) is 10.2 Å². The van der Waals surface area contributed by atoms with E-state index in [-0.39, 0.29) is 45.7 Å². The first-order valence-corrected chi connectivity index (χ1v) is 12.1. The average Bonchev–Trinajstić information content (AvgIpc) is 3.65. The van der Waals surface area contributed by atoms with Crippen molar-refractivity contribution >= 4 is 23.2 Å². The van der Waals surface area contributed by atoms with Gasteiger partial charge >= 0.3 is 6.61 Å². The number of nitrogens with zero attached hydrogens (tertiary/aromatic N) is 9. The molecule has 4 aromatic heterocycles. The lowest BCUT2D eigenvalue weighted by molar-refractivity contribution is -0.615. The fourth-order valence-electron chi connectivity index (χ4n) is 4.14. The zero-order valence-electron chi connectivity index (χ0n) is 20.0. The fraction of sp³-hybridized carbons (Fsp3) is 0.217. The summed E-state index contributed by atoms with van der Waals surface area (Å²) in [4.78, 5) is 0. The number of ether oxygens (including phenoxy) is 1. The molecule has 4 heterocycles. The number of halogens is 5. The Morgan fingerprint density at radius 1 is 1.08 bits per heavy atom. The third-order valence-corrected chi connectivity index (χ3v) is 6.39. The molecular weight excluding hydrogens is 562 g/mol. The van der Waals surface area contributed by atoms with Gasteiger partial charge in [-0.25, -0.2) is 13.8 Å². The van der Waals surface area contributed by atoms with Crippen molar-refractivity contribution < 1.29 is 22.6 Å². The van der Waals surface area contributed by atoms with Gasteiger partial charge in [-0.3, -0.25) is 4.68 Å². The Hall–Kier alpha value is -4.01. The van der Waals surface area contributed by atoms with Crippen LogP contribution in [-0.2, 0) is 11.8 Å². The van der Waals surface area contributed by atoms with Gasteiger partial charge in [-0.05, 0) is 18.2 Å². The molecule has 0 aliphatic carbocycles. The van der Waals surface area contributed by atoms with Gasteiger partial charge in [0, 0.05) is 31.3 Å². The van der Waals surface area contributed by atoms with E-state index < -0.39 is 18.5 Å². The number of benzene rings is 1. The first-order valence-electron chi connectivity index (χ1n) is 11.3. The summed E-state index contributed by atoms with van der Waals surface area (Å²) < 4.78 is 49.9. The summed E-state index contributed by atoms with van der Waals surface area (Å²) in [5.74, 6) is -0.781. The Balaban J connectivity index is 1.55. The summed E-state index contributed by atoms with van der Waals surface area (Å²) in [6.07, 6.45) is 7.24. The molecule has 0 amide bonds. The van der Waals surface area contributed by atoms with Crippen molar-refractivity contribution in [1.82, 2.24) is 39.8 Å². The van der Waals surface area contributed by atoms with E-state index in [9.17, 15) is 14.0 Å². The van der Waals surface area contributed by atoms with E-state index in [1.54, 1.807) is 19.4 Å². The zero-order chi connectivity index (χ0) is 27.7. The monoisotopic (exact) mass is 579 g/mol. The van der Waals surface area contributed by atoms with Gasteiger partial charge in [0.15, 0.2) is 17.2 Å². The van der Waals surface area contributed by atoms with Crippen LogP contribution in [0.3, 0.4) is 0 Å². The normalized spacial score (nSPS) is 12.4. The topological polar surface area (TPSA) is 115 Å². The van der Waals surface area contributed by atoms with Crippen molar-refractivity contribution in [2.24, 2.45) is 7.05 Å². The van der Waals surface area contributed by atoms with Crippen LogP contribution in [0, 0.1) is 11.0 Å². The molecule has 0 aliphatic rings. The van der Waals surface area contributed by atoms with E-state index in [0.29, 0.717) is 16.0 Å². The van der Waals surface area contributed by atoms with Crippen LogP contribution in [0.5, 0.6) is 0 Å². The highest BCUT2D eigenvalue weighted by atomic mass is 35.5. The van der Waals surface area contributed by atoms with Crippen LogP contribution in [0.15, 0.2) is 55.2 Å². The van der Waals surface area contributed by atoms with Gasteiger partial charge in [0.1, 0.15) is 6.04 Å². The first kappa shape index (κ1) is 26.6. The summed E-state index contributed by atoms with van der Waals surface area (Å²) in [7, 11) is 1.70. The number of aromatic nitrogens is 9. The smallest absolute Gasteiger partial charge is 0.345 e. The van der Waals surface area contributed by atoms with E-state index in [0.717, 1.165) is 6.20 Å². The Labute approximate surface area is 228 Å². The second-order valence-electron chi connectivity index (χ2n) is 8.30. The quantitative estimate of drug-likeness (QED) is 0.189. The van der Waals surface area contributed by atoms with E-state index in [1.807, 2.05) is 0 Å². The highest BCUT2D eigenvalue weighted by molar-refractivity contribution is 6.31. The molecule has 0 spiro atoms. The van der Waals surface area contributed by atoms with Crippen molar-refractivity contribution in [3.8, 4) is 28.1 Å². The summed E-state index contributed by atoms with van der Waals surface area (Å²) in [5.41, 5.74) is 1.87. The van der Waals surface area contributed by atoms with Gasteiger partial charge in [-0.1, -0.05) is 33.6 Å². The zero-order valence-corrected chi connectivity index (χ0v) is 21.5. The van der Waals surface area contributed by atoms with Crippen LogP contribution in [0.1, 0.15) is 18.2 Å².